The van der Waals surface area contributed by atoms with Crippen molar-refractivity contribution in [3.8, 4) is 0 Å². The zero-order valence-corrected chi connectivity index (χ0v) is 20.1. The number of pyridine rings is 1. The molecule has 1 saturated heterocycles. The standard InChI is InChI=1S/C23H26ClF3N8/c1-3-10-29-20-31-21(30-17-8-6-16(7-9-17)23(25,26)27)33-22(32-20)35-13-12-34(14-15(35)2)19-18(24)5-4-11-28-19/h4-9,11,15H,3,10,12-14H2,1-2H3,(H2,29,30,31,32,33). The van der Waals surface area contributed by atoms with Gasteiger partial charge >= 0.3 is 6.18 Å². The summed E-state index contributed by atoms with van der Waals surface area (Å²) in [6.07, 6.45) is -1.80. The number of aromatic nitrogens is 4. The number of hydrogen-bond acceptors (Lipinski definition) is 8. The molecule has 4 rings (SSSR count). The van der Waals surface area contributed by atoms with Crippen molar-refractivity contribution in [3.05, 3.63) is 53.2 Å². The van der Waals surface area contributed by atoms with Gasteiger partial charge in [-0.05, 0) is 49.7 Å². The van der Waals surface area contributed by atoms with Crippen molar-refractivity contribution < 1.29 is 13.2 Å². The summed E-state index contributed by atoms with van der Waals surface area (Å²) in [5.41, 5.74) is -0.274. The third kappa shape index (κ3) is 6.02. The first-order chi connectivity index (χ1) is 16.7. The highest BCUT2D eigenvalue weighted by molar-refractivity contribution is 6.32. The van der Waals surface area contributed by atoms with Crippen LogP contribution < -0.4 is 20.4 Å². The number of nitrogens with one attached hydrogen (secondary N) is 2. The normalized spacial score (nSPS) is 16.3. The lowest BCUT2D eigenvalue weighted by Gasteiger charge is -2.40. The molecule has 0 saturated carbocycles. The van der Waals surface area contributed by atoms with E-state index in [0.717, 1.165) is 24.4 Å². The van der Waals surface area contributed by atoms with E-state index >= 15 is 0 Å². The fraction of sp³-hybridized carbons (Fsp3) is 0.391. The van der Waals surface area contributed by atoms with Crippen LogP contribution in [0.2, 0.25) is 5.02 Å². The van der Waals surface area contributed by atoms with Crippen LogP contribution in [0.25, 0.3) is 0 Å². The third-order valence-corrected chi connectivity index (χ3v) is 5.84. The maximum atomic E-state index is 12.9. The molecule has 1 atom stereocenters. The van der Waals surface area contributed by atoms with Crippen molar-refractivity contribution in [1.82, 2.24) is 19.9 Å². The Morgan fingerprint density at radius 1 is 1.06 bits per heavy atom. The fourth-order valence-electron chi connectivity index (χ4n) is 3.79. The molecule has 1 fully saturated rings. The van der Waals surface area contributed by atoms with Crippen LogP contribution in [0.3, 0.4) is 0 Å². The van der Waals surface area contributed by atoms with Gasteiger partial charge in [0, 0.05) is 44.1 Å². The molecule has 35 heavy (non-hydrogen) atoms. The van der Waals surface area contributed by atoms with E-state index in [4.69, 9.17) is 11.6 Å². The molecule has 3 heterocycles. The van der Waals surface area contributed by atoms with Gasteiger partial charge in [-0.15, -0.1) is 0 Å². The number of rotatable bonds is 7. The number of piperazine rings is 1. The molecule has 1 aromatic carbocycles. The number of anilines is 5. The maximum absolute atomic E-state index is 12.9. The lowest BCUT2D eigenvalue weighted by molar-refractivity contribution is -0.137. The Morgan fingerprint density at radius 3 is 2.46 bits per heavy atom. The van der Waals surface area contributed by atoms with E-state index < -0.39 is 11.7 Å². The summed E-state index contributed by atoms with van der Waals surface area (Å²) < 4.78 is 38.7. The minimum Gasteiger partial charge on any atom is -0.354 e. The van der Waals surface area contributed by atoms with Crippen molar-refractivity contribution in [1.29, 1.82) is 0 Å². The smallest absolute Gasteiger partial charge is 0.354 e. The van der Waals surface area contributed by atoms with Crippen LogP contribution in [-0.2, 0) is 6.18 Å². The van der Waals surface area contributed by atoms with Gasteiger partial charge in [0.15, 0.2) is 0 Å². The van der Waals surface area contributed by atoms with Gasteiger partial charge in [-0.2, -0.15) is 28.1 Å². The number of hydrogen-bond donors (Lipinski definition) is 2. The topological polar surface area (TPSA) is 82.1 Å². The van der Waals surface area contributed by atoms with Crippen LogP contribution in [0, 0.1) is 0 Å². The third-order valence-electron chi connectivity index (χ3n) is 5.55. The van der Waals surface area contributed by atoms with Crippen molar-refractivity contribution in [2.45, 2.75) is 32.5 Å². The van der Waals surface area contributed by atoms with E-state index in [1.165, 1.54) is 12.1 Å². The highest BCUT2D eigenvalue weighted by atomic mass is 35.5. The second-order valence-corrected chi connectivity index (χ2v) is 8.61. The Morgan fingerprint density at radius 2 is 1.80 bits per heavy atom. The zero-order valence-electron chi connectivity index (χ0n) is 19.3. The average molecular weight is 507 g/mol. The van der Waals surface area contributed by atoms with E-state index in [1.807, 2.05) is 13.0 Å². The molecule has 0 aliphatic carbocycles. The Balaban J connectivity index is 1.55. The Kier molecular flexibility index (Phi) is 7.44. The van der Waals surface area contributed by atoms with Crippen LogP contribution in [0.1, 0.15) is 25.8 Å². The SMILES string of the molecule is CCCNc1nc(Nc2ccc(C(F)(F)F)cc2)nc(N2CCN(c3ncccc3Cl)CC2C)n1. The van der Waals surface area contributed by atoms with Crippen LogP contribution in [-0.4, -0.2) is 52.2 Å². The minimum absolute atomic E-state index is 0.0437. The molecule has 12 heteroatoms. The van der Waals surface area contributed by atoms with Crippen molar-refractivity contribution in [2.24, 2.45) is 0 Å². The van der Waals surface area contributed by atoms with Gasteiger partial charge in [-0.25, -0.2) is 4.98 Å². The van der Waals surface area contributed by atoms with Crippen molar-refractivity contribution in [2.75, 3.05) is 46.6 Å². The molecule has 1 aliphatic rings. The summed E-state index contributed by atoms with van der Waals surface area (Å²) >= 11 is 6.33. The lowest BCUT2D eigenvalue weighted by atomic mass is 10.2. The van der Waals surface area contributed by atoms with Crippen LogP contribution >= 0.6 is 11.6 Å². The molecule has 0 bridgehead atoms. The first-order valence-electron chi connectivity index (χ1n) is 11.3. The quantitative estimate of drug-likeness (QED) is 0.451. The molecule has 186 valence electrons. The predicted octanol–water partition coefficient (Wildman–Crippen LogP) is 5.22. The summed E-state index contributed by atoms with van der Waals surface area (Å²) in [5, 5.41) is 6.77. The molecule has 8 nitrogen and oxygen atoms in total. The first kappa shape index (κ1) is 24.8. The lowest BCUT2D eigenvalue weighted by Crippen LogP contribution is -2.53. The zero-order chi connectivity index (χ0) is 25.0. The van der Waals surface area contributed by atoms with Gasteiger partial charge in [-0.3, -0.25) is 0 Å². The Labute approximate surface area is 206 Å². The van der Waals surface area contributed by atoms with Crippen LogP contribution in [0.5, 0.6) is 0 Å². The maximum Gasteiger partial charge on any atom is 0.416 e. The molecular formula is C23H26ClF3N8. The molecular weight excluding hydrogens is 481 g/mol. The molecule has 2 aromatic heterocycles. The van der Waals surface area contributed by atoms with E-state index in [-0.39, 0.29) is 12.0 Å². The second kappa shape index (κ2) is 10.5. The summed E-state index contributed by atoms with van der Waals surface area (Å²) in [7, 11) is 0. The molecule has 0 radical (unpaired) electrons. The molecule has 2 N–H and O–H groups in total. The predicted molar refractivity (Wildman–Crippen MR) is 132 cm³/mol. The Bertz CT molecular complexity index is 1140. The average Bonchev–Trinajstić information content (AvgIpc) is 2.82. The summed E-state index contributed by atoms with van der Waals surface area (Å²) in [6.45, 7) is 6.74. The van der Waals surface area contributed by atoms with Gasteiger partial charge in [0.2, 0.25) is 17.8 Å². The van der Waals surface area contributed by atoms with Gasteiger partial charge in [0.1, 0.15) is 5.82 Å². The van der Waals surface area contributed by atoms with E-state index in [2.05, 4.69) is 47.3 Å². The number of halogens is 4. The molecule has 3 aromatic rings. The number of alkyl halides is 3. The van der Waals surface area contributed by atoms with E-state index in [0.29, 0.717) is 48.8 Å². The number of benzene rings is 1. The highest BCUT2D eigenvalue weighted by Crippen LogP contribution is 2.31. The van der Waals surface area contributed by atoms with Crippen molar-refractivity contribution >= 4 is 41.0 Å². The van der Waals surface area contributed by atoms with Gasteiger partial charge in [-0.1, -0.05) is 18.5 Å². The molecule has 0 amide bonds. The van der Waals surface area contributed by atoms with Gasteiger partial charge in [0.05, 0.1) is 10.6 Å². The molecule has 0 spiro atoms. The summed E-state index contributed by atoms with van der Waals surface area (Å²) in [5.74, 6) is 1.86. The largest absolute Gasteiger partial charge is 0.416 e. The number of nitrogens with zero attached hydrogens (tertiary/aromatic N) is 6. The van der Waals surface area contributed by atoms with Gasteiger partial charge < -0.3 is 20.4 Å². The second-order valence-electron chi connectivity index (χ2n) is 8.21. The van der Waals surface area contributed by atoms with Crippen molar-refractivity contribution in [3.63, 3.8) is 0 Å². The Hall–Kier alpha value is -3.34. The van der Waals surface area contributed by atoms with Gasteiger partial charge in [0.25, 0.3) is 0 Å². The highest BCUT2D eigenvalue weighted by Gasteiger charge is 2.30. The monoisotopic (exact) mass is 506 g/mol. The summed E-state index contributed by atoms with van der Waals surface area (Å²) in [6, 6.07) is 8.40. The summed E-state index contributed by atoms with van der Waals surface area (Å²) in [4.78, 5) is 22.2. The molecule has 1 unspecified atom stereocenters. The van der Waals surface area contributed by atoms with E-state index in [1.54, 1.807) is 12.3 Å². The van der Waals surface area contributed by atoms with E-state index in [9.17, 15) is 13.2 Å². The minimum atomic E-state index is -4.39. The fourth-order valence-corrected chi connectivity index (χ4v) is 4.03. The first-order valence-corrected chi connectivity index (χ1v) is 11.7. The van der Waals surface area contributed by atoms with Crippen LogP contribution in [0.4, 0.5) is 42.5 Å². The van der Waals surface area contributed by atoms with Crippen LogP contribution in [0.15, 0.2) is 42.6 Å². The molecule has 1 aliphatic heterocycles.